The summed E-state index contributed by atoms with van der Waals surface area (Å²) in [5.41, 5.74) is 0.383. The van der Waals surface area contributed by atoms with Gasteiger partial charge >= 0.3 is 0 Å². The van der Waals surface area contributed by atoms with E-state index in [0.717, 1.165) is 31.4 Å². The Morgan fingerprint density at radius 1 is 1.30 bits per heavy atom. The van der Waals surface area contributed by atoms with Crippen molar-refractivity contribution in [1.82, 2.24) is 10.0 Å². The van der Waals surface area contributed by atoms with Crippen LogP contribution in [0.2, 0.25) is 0 Å². The van der Waals surface area contributed by atoms with Gasteiger partial charge in [-0.3, -0.25) is 0 Å². The van der Waals surface area contributed by atoms with Crippen molar-refractivity contribution >= 4 is 10.0 Å². The van der Waals surface area contributed by atoms with Crippen LogP contribution < -0.4 is 10.0 Å². The van der Waals surface area contributed by atoms with Crippen LogP contribution in [0, 0.1) is 17.6 Å². The third-order valence-corrected chi connectivity index (χ3v) is 4.73. The SMILES string of the molecule is CNCc1cc(F)c(F)c(S(=O)(=O)NCCC2CC2)c1. The molecule has 1 aliphatic rings. The lowest BCUT2D eigenvalue weighted by Crippen LogP contribution is -2.26. The number of sulfonamides is 1. The molecule has 0 aromatic heterocycles. The molecule has 1 fully saturated rings. The molecule has 0 bridgehead atoms. The van der Waals surface area contributed by atoms with Gasteiger partial charge in [0.25, 0.3) is 0 Å². The van der Waals surface area contributed by atoms with Crippen molar-refractivity contribution < 1.29 is 17.2 Å². The molecule has 7 heteroatoms. The van der Waals surface area contributed by atoms with Crippen LogP contribution in [-0.4, -0.2) is 22.0 Å². The summed E-state index contributed by atoms with van der Waals surface area (Å²) >= 11 is 0. The van der Waals surface area contributed by atoms with Gasteiger partial charge in [-0.25, -0.2) is 21.9 Å². The zero-order valence-corrected chi connectivity index (χ0v) is 12.1. The van der Waals surface area contributed by atoms with E-state index in [1.165, 1.54) is 0 Å². The minimum atomic E-state index is -4.01. The molecule has 112 valence electrons. The highest BCUT2D eigenvalue weighted by Gasteiger charge is 2.25. The Morgan fingerprint density at radius 2 is 2.00 bits per heavy atom. The molecule has 0 aliphatic heterocycles. The molecule has 1 aliphatic carbocycles. The molecule has 0 atom stereocenters. The lowest BCUT2D eigenvalue weighted by molar-refractivity contribution is 0.480. The van der Waals surface area contributed by atoms with E-state index in [2.05, 4.69) is 10.0 Å². The highest BCUT2D eigenvalue weighted by atomic mass is 32.2. The first-order chi connectivity index (χ1) is 9.44. The van der Waals surface area contributed by atoms with Crippen molar-refractivity contribution in [1.29, 1.82) is 0 Å². The Labute approximate surface area is 117 Å². The van der Waals surface area contributed by atoms with Crippen molar-refractivity contribution in [3.63, 3.8) is 0 Å². The fourth-order valence-electron chi connectivity index (χ4n) is 2.00. The Kier molecular flexibility index (Phi) is 4.72. The lowest BCUT2D eigenvalue weighted by Gasteiger charge is -2.10. The normalized spacial score (nSPS) is 15.6. The molecule has 0 amide bonds. The van der Waals surface area contributed by atoms with E-state index >= 15 is 0 Å². The van der Waals surface area contributed by atoms with Gasteiger partial charge in [0, 0.05) is 13.1 Å². The van der Waals surface area contributed by atoms with Crippen LogP contribution in [0.1, 0.15) is 24.8 Å². The maximum absolute atomic E-state index is 13.7. The Morgan fingerprint density at radius 3 is 2.60 bits per heavy atom. The van der Waals surface area contributed by atoms with Gasteiger partial charge in [0.1, 0.15) is 4.90 Å². The number of hydrogen-bond acceptors (Lipinski definition) is 3. The average molecular weight is 304 g/mol. The number of benzene rings is 1. The average Bonchev–Trinajstić information content (AvgIpc) is 3.17. The monoisotopic (exact) mass is 304 g/mol. The standard InChI is InChI=1S/C13H18F2N2O2S/c1-16-8-10-6-11(14)13(15)12(7-10)20(18,19)17-5-4-9-2-3-9/h6-7,9,16-17H,2-5,8H2,1H3. The van der Waals surface area contributed by atoms with Crippen molar-refractivity contribution in [2.45, 2.75) is 30.7 Å². The maximum Gasteiger partial charge on any atom is 0.243 e. The molecular weight excluding hydrogens is 286 g/mol. The summed E-state index contributed by atoms with van der Waals surface area (Å²) in [4.78, 5) is -0.626. The molecule has 0 heterocycles. The van der Waals surface area contributed by atoms with Crippen molar-refractivity contribution in [2.24, 2.45) is 5.92 Å². The minimum Gasteiger partial charge on any atom is -0.316 e. The fourth-order valence-corrected chi connectivity index (χ4v) is 3.18. The first-order valence-corrected chi connectivity index (χ1v) is 8.04. The summed E-state index contributed by atoms with van der Waals surface area (Å²) < 4.78 is 53.5. The van der Waals surface area contributed by atoms with Crippen LogP contribution in [-0.2, 0) is 16.6 Å². The molecule has 4 nitrogen and oxygen atoms in total. The third-order valence-electron chi connectivity index (χ3n) is 3.27. The van der Waals surface area contributed by atoms with E-state index < -0.39 is 26.6 Å². The van der Waals surface area contributed by atoms with Gasteiger partial charge in [0.2, 0.25) is 10.0 Å². The fraction of sp³-hybridized carbons (Fsp3) is 0.538. The molecule has 1 saturated carbocycles. The molecule has 1 aromatic rings. The second kappa shape index (κ2) is 6.15. The predicted molar refractivity (Wildman–Crippen MR) is 71.7 cm³/mol. The largest absolute Gasteiger partial charge is 0.316 e. The number of halogens is 2. The van der Waals surface area contributed by atoms with Crippen molar-refractivity contribution in [3.05, 3.63) is 29.3 Å². The molecule has 0 radical (unpaired) electrons. The van der Waals surface area contributed by atoms with Gasteiger partial charge in [-0.2, -0.15) is 0 Å². The smallest absolute Gasteiger partial charge is 0.243 e. The van der Waals surface area contributed by atoms with E-state index in [9.17, 15) is 17.2 Å². The molecule has 0 spiro atoms. The zero-order chi connectivity index (χ0) is 14.8. The first-order valence-electron chi connectivity index (χ1n) is 6.56. The van der Waals surface area contributed by atoms with E-state index in [1.807, 2.05) is 0 Å². The van der Waals surface area contributed by atoms with Gasteiger partial charge in [0.05, 0.1) is 0 Å². The highest BCUT2D eigenvalue weighted by molar-refractivity contribution is 7.89. The van der Waals surface area contributed by atoms with Crippen LogP contribution >= 0.6 is 0 Å². The van der Waals surface area contributed by atoms with E-state index in [0.29, 0.717) is 11.5 Å². The number of rotatable bonds is 7. The summed E-state index contributed by atoms with van der Waals surface area (Å²) in [6.07, 6.45) is 2.96. The van der Waals surface area contributed by atoms with Crippen LogP contribution in [0.25, 0.3) is 0 Å². The summed E-state index contributed by atoms with van der Waals surface area (Å²) in [5.74, 6) is -1.92. The number of nitrogens with one attached hydrogen (secondary N) is 2. The van der Waals surface area contributed by atoms with Gasteiger partial charge < -0.3 is 5.32 Å². The lowest BCUT2D eigenvalue weighted by atomic mass is 10.2. The van der Waals surface area contributed by atoms with Gasteiger partial charge in [-0.15, -0.1) is 0 Å². The molecule has 2 rings (SSSR count). The summed E-state index contributed by atoms with van der Waals surface area (Å²) in [6.45, 7) is 0.520. The first kappa shape index (κ1) is 15.3. The van der Waals surface area contributed by atoms with E-state index in [4.69, 9.17) is 0 Å². The summed E-state index contributed by atoms with van der Waals surface area (Å²) in [7, 11) is -2.37. The van der Waals surface area contributed by atoms with Gasteiger partial charge in [-0.05, 0) is 37.1 Å². The Hall–Kier alpha value is -1.05. The molecular formula is C13H18F2N2O2S. The van der Waals surface area contributed by atoms with Crippen LogP contribution in [0.5, 0.6) is 0 Å². The van der Waals surface area contributed by atoms with Crippen LogP contribution in [0.4, 0.5) is 8.78 Å². The maximum atomic E-state index is 13.7. The molecule has 0 saturated heterocycles. The molecule has 20 heavy (non-hydrogen) atoms. The van der Waals surface area contributed by atoms with E-state index in [-0.39, 0.29) is 13.1 Å². The van der Waals surface area contributed by atoms with E-state index in [1.54, 1.807) is 7.05 Å². The quantitative estimate of drug-likeness (QED) is 0.807. The minimum absolute atomic E-state index is 0.254. The summed E-state index contributed by atoms with van der Waals surface area (Å²) in [6, 6.07) is 2.16. The van der Waals surface area contributed by atoms with Gasteiger partial charge in [0.15, 0.2) is 11.6 Å². The molecule has 0 unspecified atom stereocenters. The number of hydrogen-bond donors (Lipinski definition) is 2. The van der Waals surface area contributed by atoms with Crippen molar-refractivity contribution in [3.8, 4) is 0 Å². The second-order valence-electron chi connectivity index (χ2n) is 5.05. The summed E-state index contributed by atoms with van der Waals surface area (Å²) in [5, 5.41) is 2.77. The second-order valence-corrected chi connectivity index (χ2v) is 6.79. The molecule has 2 N–H and O–H groups in total. The Bertz CT molecular complexity index is 586. The van der Waals surface area contributed by atoms with Crippen LogP contribution in [0.15, 0.2) is 17.0 Å². The topological polar surface area (TPSA) is 58.2 Å². The van der Waals surface area contributed by atoms with Crippen molar-refractivity contribution in [2.75, 3.05) is 13.6 Å². The highest BCUT2D eigenvalue weighted by Crippen LogP contribution is 2.32. The Balaban J connectivity index is 2.19. The molecule has 1 aromatic carbocycles. The predicted octanol–water partition coefficient (Wildman–Crippen LogP) is 1.76. The third kappa shape index (κ3) is 3.74. The van der Waals surface area contributed by atoms with Gasteiger partial charge in [-0.1, -0.05) is 12.8 Å². The van der Waals surface area contributed by atoms with Crippen LogP contribution in [0.3, 0.4) is 0 Å². The zero-order valence-electron chi connectivity index (χ0n) is 11.2.